The number of carbonyl (C=O) groups excluding carboxylic acids is 1. The van der Waals surface area contributed by atoms with Gasteiger partial charge in [0.15, 0.2) is 5.96 Å². The monoisotopic (exact) mass is 383 g/mol. The van der Waals surface area contributed by atoms with Crippen LogP contribution in [0.25, 0.3) is 0 Å². The number of nitrogens with zero attached hydrogens (tertiary/aromatic N) is 4. The fourth-order valence-corrected chi connectivity index (χ4v) is 3.62. The minimum atomic E-state index is -0.143. The van der Waals surface area contributed by atoms with Crippen LogP contribution in [0.3, 0.4) is 0 Å². The summed E-state index contributed by atoms with van der Waals surface area (Å²) in [5.74, 6) is 0.828. The van der Waals surface area contributed by atoms with Crippen molar-refractivity contribution in [2.45, 2.75) is 26.9 Å². The number of benzene rings is 1. The summed E-state index contributed by atoms with van der Waals surface area (Å²) in [6.45, 7) is 7.65. The molecule has 0 spiro atoms. The van der Waals surface area contributed by atoms with E-state index in [-0.39, 0.29) is 17.8 Å². The van der Waals surface area contributed by atoms with Crippen molar-refractivity contribution in [2.75, 3.05) is 26.7 Å². The third-order valence-corrected chi connectivity index (χ3v) is 5.16. The van der Waals surface area contributed by atoms with Gasteiger partial charge in [-0.3, -0.25) is 9.48 Å². The second kappa shape index (κ2) is 9.39. The predicted molar refractivity (Wildman–Crippen MR) is 109 cm³/mol. The highest BCUT2D eigenvalue weighted by molar-refractivity contribution is 5.82. The number of ether oxygens (including phenoxy) is 1. The van der Waals surface area contributed by atoms with E-state index < -0.39 is 0 Å². The van der Waals surface area contributed by atoms with Crippen molar-refractivity contribution < 1.29 is 9.53 Å². The minimum absolute atomic E-state index is 0.110. The third kappa shape index (κ3) is 4.71. The van der Waals surface area contributed by atoms with Gasteiger partial charge in [0.1, 0.15) is 0 Å². The van der Waals surface area contributed by atoms with Crippen LogP contribution in [0, 0.1) is 11.8 Å². The van der Waals surface area contributed by atoms with Gasteiger partial charge in [0.2, 0.25) is 0 Å². The van der Waals surface area contributed by atoms with E-state index in [0.29, 0.717) is 13.1 Å². The molecule has 2 atom stereocenters. The van der Waals surface area contributed by atoms with Crippen molar-refractivity contribution in [1.29, 1.82) is 0 Å². The van der Waals surface area contributed by atoms with Gasteiger partial charge >= 0.3 is 5.97 Å². The third-order valence-electron chi connectivity index (χ3n) is 5.16. The van der Waals surface area contributed by atoms with Crippen LogP contribution >= 0.6 is 0 Å². The van der Waals surface area contributed by atoms with Gasteiger partial charge in [-0.15, -0.1) is 0 Å². The number of methoxy groups -OCH3 is 1. The molecular formula is C21H29N5O2. The molecule has 0 radical (unpaired) electrons. The zero-order valence-electron chi connectivity index (χ0n) is 16.8. The quantitative estimate of drug-likeness (QED) is 0.470. The summed E-state index contributed by atoms with van der Waals surface area (Å²) >= 11 is 0. The van der Waals surface area contributed by atoms with Gasteiger partial charge in [0, 0.05) is 32.0 Å². The summed E-state index contributed by atoms with van der Waals surface area (Å²) in [6.07, 6.45) is 3.75. The molecule has 0 saturated carbocycles. The van der Waals surface area contributed by atoms with Gasteiger partial charge in [-0.05, 0) is 30.0 Å². The Morgan fingerprint density at radius 1 is 1.29 bits per heavy atom. The average molecular weight is 383 g/mol. The second-order valence-electron chi connectivity index (χ2n) is 7.15. The molecule has 2 aromatic rings. The Labute approximate surface area is 166 Å². The fourth-order valence-electron chi connectivity index (χ4n) is 3.62. The molecule has 1 aromatic carbocycles. The lowest BCUT2D eigenvalue weighted by molar-refractivity contribution is -0.145. The normalized spacial score (nSPS) is 19.7. The summed E-state index contributed by atoms with van der Waals surface area (Å²) in [7, 11) is 1.45. The fraction of sp³-hybridized carbons (Fsp3) is 0.476. The van der Waals surface area contributed by atoms with E-state index in [2.05, 4.69) is 41.3 Å². The van der Waals surface area contributed by atoms with Gasteiger partial charge < -0.3 is 15.0 Å². The molecule has 150 valence electrons. The van der Waals surface area contributed by atoms with E-state index in [1.807, 2.05) is 29.1 Å². The van der Waals surface area contributed by atoms with Gasteiger partial charge in [0.05, 0.1) is 26.1 Å². The lowest BCUT2D eigenvalue weighted by atomic mass is 9.99. The van der Waals surface area contributed by atoms with Gasteiger partial charge in [-0.25, -0.2) is 4.99 Å². The molecule has 7 heteroatoms. The molecule has 2 heterocycles. The van der Waals surface area contributed by atoms with Gasteiger partial charge in [-0.1, -0.05) is 31.2 Å². The molecule has 1 fully saturated rings. The summed E-state index contributed by atoms with van der Waals surface area (Å²) in [6, 6.07) is 10.2. The number of guanidine groups is 1. The number of nitrogens with one attached hydrogen (secondary N) is 1. The van der Waals surface area contributed by atoms with Crippen molar-refractivity contribution in [1.82, 2.24) is 20.0 Å². The molecule has 0 bridgehead atoms. The van der Waals surface area contributed by atoms with Crippen LogP contribution in [0.5, 0.6) is 0 Å². The molecule has 0 aliphatic carbocycles. The summed E-state index contributed by atoms with van der Waals surface area (Å²) in [4.78, 5) is 19.0. The van der Waals surface area contributed by atoms with E-state index in [4.69, 9.17) is 9.73 Å². The maximum Gasteiger partial charge on any atom is 0.310 e. The highest BCUT2D eigenvalue weighted by atomic mass is 16.5. The molecule has 1 aliphatic rings. The average Bonchev–Trinajstić information content (AvgIpc) is 3.35. The zero-order chi connectivity index (χ0) is 19.9. The van der Waals surface area contributed by atoms with Crippen molar-refractivity contribution in [3.05, 3.63) is 53.9 Å². The van der Waals surface area contributed by atoms with E-state index in [1.54, 1.807) is 6.20 Å². The van der Waals surface area contributed by atoms with Crippen LogP contribution in [0.4, 0.5) is 0 Å². The van der Waals surface area contributed by atoms with E-state index >= 15 is 0 Å². The maximum atomic E-state index is 12.0. The van der Waals surface area contributed by atoms with Crippen LogP contribution in [0.15, 0.2) is 47.7 Å². The number of likely N-dealkylation sites (tertiary alicyclic amines) is 1. The number of hydrogen-bond acceptors (Lipinski definition) is 4. The van der Waals surface area contributed by atoms with Crippen LogP contribution in [0.1, 0.15) is 25.0 Å². The Kier molecular flexibility index (Phi) is 6.68. The zero-order valence-corrected chi connectivity index (χ0v) is 16.8. The molecule has 3 rings (SSSR count). The largest absolute Gasteiger partial charge is 0.469 e. The first kappa shape index (κ1) is 19.9. The van der Waals surface area contributed by atoms with Gasteiger partial charge in [-0.2, -0.15) is 5.10 Å². The van der Waals surface area contributed by atoms with Crippen LogP contribution < -0.4 is 5.32 Å². The first-order valence-corrected chi connectivity index (χ1v) is 9.77. The van der Waals surface area contributed by atoms with E-state index in [0.717, 1.165) is 25.6 Å². The topological polar surface area (TPSA) is 71.8 Å². The van der Waals surface area contributed by atoms with E-state index in [1.165, 1.54) is 18.2 Å². The highest BCUT2D eigenvalue weighted by Crippen LogP contribution is 2.24. The van der Waals surface area contributed by atoms with Crippen LogP contribution in [-0.2, 0) is 22.6 Å². The number of esters is 1. The van der Waals surface area contributed by atoms with Crippen LogP contribution in [0.2, 0.25) is 0 Å². The Morgan fingerprint density at radius 2 is 2.07 bits per heavy atom. The number of hydrogen-bond donors (Lipinski definition) is 1. The standard InChI is InChI=1S/C21H29N5O2/c1-4-22-21(25-13-16(2)19(15-25)20(27)28-3)23-12-17-8-5-6-9-18(17)14-26-11-7-10-24-26/h5-11,16,19H,4,12-15H2,1-3H3,(H,22,23). The molecule has 7 nitrogen and oxygen atoms in total. The van der Waals surface area contributed by atoms with Crippen molar-refractivity contribution in [3.63, 3.8) is 0 Å². The number of aliphatic imine (C=N–C) groups is 1. The van der Waals surface area contributed by atoms with Crippen molar-refractivity contribution in [3.8, 4) is 0 Å². The Morgan fingerprint density at radius 3 is 2.75 bits per heavy atom. The number of aromatic nitrogens is 2. The Balaban J connectivity index is 1.74. The molecule has 1 saturated heterocycles. The van der Waals surface area contributed by atoms with Crippen molar-refractivity contribution in [2.24, 2.45) is 16.8 Å². The molecule has 2 unspecified atom stereocenters. The lowest BCUT2D eigenvalue weighted by Crippen LogP contribution is -2.40. The number of rotatable bonds is 6. The van der Waals surface area contributed by atoms with Gasteiger partial charge in [0.25, 0.3) is 0 Å². The lowest BCUT2D eigenvalue weighted by Gasteiger charge is -2.21. The Bertz CT molecular complexity index is 803. The SMILES string of the molecule is CCNC(=NCc1ccccc1Cn1cccn1)N1CC(C)C(C(=O)OC)C1. The first-order valence-electron chi connectivity index (χ1n) is 9.77. The van der Waals surface area contributed by atoms with Crippen molar-refractivity contribution >= 4 is 11.9 Å². The van der Waals surface area contributed by atoms with E-state index in [9.17, 15) is 4.79 Å². The summed E-state index contributed by atoms with van der Waals surface area (Å²) in [5, 5.41) is 7.66. The summed E-state index contributed by atoms with van der Waals surface area (Å²) < 4.78 is 6.87. The molecule has 1 aliphatic heterocycles. The smallest absolute Gasteiger partial charge is 0.310 e. The molecule has 1 N–H and O–H groups in total. The second-order valence-corrected chi connectivity index (χ2v) is 7.15. The molecular weight excluding hydrogens is 354 g/mol. The van der Waals surface area contributed by atoms with Crippen LogP contribution in [-0.4, -0.2) is 53.4 Å². The summed E-state index contributed by atoms with van der Waals surface area (Å²) in [5.41, 5.74) is 2.37. The first-order chi connectivity index (χ1) is 13.6. The number of carbonyl (C=O) groups is 1. The Hall–Kier alpha value is -2.83. The maximum absolute atomic E-state index is 12.0. The molecule has 28 heavy (non-hydrogen) atoms. The molecule has 0 amide bonds. The predicted octanol–water partition coefficient (Wildman–Crippen LogP) is 2.14. The molecule has 1 aromatic heterocycles. The highest BCUT2D eigenvalue weighted by Gasteiger charge is 2.36. The minimum Gasteiger partial charge on any atom is -0.469 e.